The standard InChI is InChI=1S/C34H42FN5O3/c1-33(2)20-26-30(28(41)21-33)31(23-10-4-5-11-24(23)35)40(27-13-7-6-12-25(27)37-26)22-29(42)38-18-14-34(15-19-38,32(36)43)39-16-8-3-9-17-39/h4-7,10-13,31,37H,3,8-9,14-22H2,1-2H3,(H2,36,43). The summed E-state index contributed by atoms with van der Waals surface area (Å²) >= 11 is 0. The molecular formula is C34H42FN5O3. The minimum atomic E-state index is -0.775. The normalized spacial score (nSPS) is 23.6. The van der Waals surface area contributed by atoms with Crippen LogP contribution in [0, 0.1) is 11.2 Å². The first-order valence-electron chi connectivity index (χ1n) is 15.6. The van der Waals surface area contributed by atoms with Gasteiger partial charge in [0.2, 0.25) is 11.8 Å². The van der Waals surface area contributed by atoms with E-state index >= 15 is 4.39 Å². The number of ketones is 1. The summed E-state index contributed by atoms with van der Waals surface area (Å²) in [5, 5.41) is 3.52. The molecule has 2 saturated heterocycles. The number of likely N-dealkylation sites (tertiary alicyclic amines) is 2. The van der Waals surface area contributed by atoms with E-state index in [1.807, 2.05) is 29.2 Å². The molecule has 8 nitrogen and oxygen atoms in total. The van der Waals surface area contributed by atoms with Crippen molar-refractivity contribution in [3.63, 3.8) is 0 Å². The van der Waals surface area contributed by atoms with Gasteiger partial charge in [-0.25, -0.2) is 4.39 Å². The number of amides is 2. The van der Waals surface area contributed by atoms with Crippen LogP contribution in [0.5, 0.6) is 0 Å². The van der Waals surface area contributed by atoms with E-state index in [2.05, 4.69) is 24.1 Å². The lowest BCUT2D eigenvalue weighted by Crippen LogP contribution is -2.64. The lowest BCUT2D eigenvalue weighted by atomic mass is 9.73. The van der Waals surface area contributed by atoms with Crippen LogP contribution in [0.1, 0.15) is 70.4 Å². The number of para-hydroxylation sites is 2. The molecule has 9 heteroatoms. The second-order valence-corrected chi connectivity index (χ2v) is 13.4. The highest BCUT2D eigenvalue weighted by Crippen LogP contribution is 2.48. The summed E-state index contributed by atoms with van der Waals surface area (Å²) in [6.45, 7) is 6.62. The molecule has 6 rings (SSSR count). The van der Waals surface area contributed by atoms with E-state index in [1.165, 1.54) is 6.07 Å². The first-order valence-corrected chi connectivity index (χ1v) is 15.6. The Balaban J connectivity index is 1.35. The maximum absolute atomic E-state index is 15.6. The van der Waals surface area contributed by atoms with Gasteiger partial charge >= 0.3 is 0 Å². The molecule has 2 amide bonds. The molecule has 1 aliphatic carbocycles. The highest BCUT2D eigenvalue weighted by atomic mass is 19.1. The van der Waals surface area contributed by atoms with Crippen LogP contribution >= 0.6 is 0 Å². The molecule has 2 fully saturated rings. The van der Waals surface area contributed by atoms with Gasteiger partial charge in [0.05, 0.1) is 24.0 Å². The van der Waals surface area contributed by atoms with E-state index in [0.29, 0.717) is 49.9 Å². The number of carbonyl (C=O) groups excluding carboxylic acids is 3. The maximum atomic E-state index is 15.6. The van der Waals surface area contributed by atoms with E-state index in [-0.39, 0.29) is 29.6 Å². The van der Waals surface area contributed by atoms with E-state index in [1.54, 1.807) is 23.1 Å². The predicted molar refractivity (Wildman–Crippen MR) is 165 cm³/mol. The van der Waals surface area contributed by atoms with Gasteiger partial charge in [-0.1, -0.05) is 50.6 Å². The molecule has 1 unspecified atom stereocenters. The van der Waals surface area contributed by atoms with Gasteiger partial charge in [0.15, 0.2) is 5.78 Å². The third-order valence-corrected chi connectivity index (χ3v) is 9.87. The summed E-state index contributed by atoms with van der Waals surface area (Å²) in [6.07, 6.45) is 5.21. The zero-order valence-corrected chi connectivity index (χ0v) is 25.2. The average Bonchev–Trinajstić information content (AvgIpc) is 3.11. The Morgan fingerprint density at radius 2 is 1.63 bits per heavy atom. The van der Waals surface area contributed by atoms with Gasteiger partial charge in [-0.15, -0.1) is 0 Å². The molecular weight excluding hydrogens is 545 g/mol. The largest absolute Gasteiger partial charge is 0.368 e. The fraction of sp³-hybridized carbons (Fsp3) is 0.500. The van der Waals surface area contributed by atoms with E-state index < -0.39 is 17.4 Å². The molecule has 3 aliphatic heterocycles. The van der Waals surface area contributed by atoms with Gasteiger partial charge in [-0.05, 0) is 68.8 Å². The topological polar surface area (TPSA) is 99.0 Å². The van der Waals surface area contributed by atoms with Crippen molar-refractivity contribution in [2.45, 2.75) is 70.4 Å². The SMILES string of the molecule is CC1(C)CC(=O)C2=C(C1)Nc1ccccc1N(CC(=O)N1CCC(C(N)=O)(N3CCCCC3)CC1)C2c1ccccc1F. The Hall–Kier alpha value is -3.72. The van der Waals surface area contributed by atoms with E-state index in [0.717, 1.165) is 49.4 Å². The number of allylic oxidation sites excluding steroid dienone is 1. The van der Waals surface area contributed by atoms with E-state index in [4.69, 9.17) is 5.73 Å². The first-order chi connectivity index (χ1) is 20.6. The Kier molecular flexibility index (Phi) is 7.79. The van der Waals surface area contributed by atoms with Crippen LogP contribution < -0.4 is 16.0 Å². The minimum Gasteiger partial charge on any atom is -0.368 e. The van der Waals surface area contributed by atoms with Crippen LogP contribution in [0.25, 0.3) is 0 Å². The van der Waals surface area contributed by atoms with E-state index in [9.17, 15) is 14.4 Å². The Labute approximate surface area is 253 Å². The Bertz CT molecular complexity index is 1460. The third kappa shape index (κ3) is 5.44. The Morgan fingerprint density at radius 3 is 2.33 bits per heavy atom. The average molecular weight is 588 g/mol. The molecule has 0 radical (unpaired) electrons. The second-order valence-electron chi connectivity index (χ2n) is 13.4. The quantitative estimate of drug-likeness (QED) is 0.523. The van der Waals surface area contributed by atoms with Crippen molar-refractivity contribution in [1.82, 2.24) is 9.80 Å². The molecule has 0 saturated carbocycles. The third-order valence-electron chi connectivity index (χ3n) is 9.87. The zero-order chi connectivity index (χ0) is 30.4. The van der Waals surface area contributed by atoms with Crippen molar-refractivity contribution >= 4 is 29.0 Å². The number of benzene rings is 2. The lowest BCUT2D eigenvalue weighted by Gasteiger charge is -2.48. The number of carbonyl (C=O) groups is 3. The van der Waals surface area contributed by atoms with Gasteiger partial charge in [0.1, 0.15) is 11.4 Å². The van der Waals surface area contributed by atoms with Gasteiger partial charge in [0, 0.05) is 36.3 Å². The van der Waals surface area contributed by atoms with Crippen LogP contribution in [-0.4, -0.2) is 65.7 Å². The van der Waals surface area contributed by atoms with Gasteiger partial charge in [0.25, 0.3) is 0 Å². The molecule has 3 N–H and O–H groups in total. The monoisotopic (exact) mass is 587 g/mol. The van der Waals surface area contributed by atoms with Crippen molar-refractivity contribution in [3.8, 4) is 0 Å². The number of anilines is 2. The number of piperidine rings is 2. The lowest BCUT2D eigenvalue weighted by molar-refractivity contribution is -0.141. The van der Waals surface area contributed by atoms with Crippen LogP contribution in [0.2, 0.25) is 0 Å². The molecule has 0 aromatic heterocycles. The molecule has 43 heavy (non-hydrogen) atoms. The van der Waals surface area contributed by atoms with Crippen molar-refractivity contribution in [1.29, 1.82) is 0 Å². The molecule has 0 spiro atoms. The summed E-state index contributed by atoms with van der Waals surface area (Å²) in [5.41, 5.74) is 8.20. The number of nitrogens with one attached hydrogen (secondary N) is 1. The predicted octanol–water partition coefficient (Wildman–Crippen LogP) is 4.77. The van der Waals surface area contributed by atoms with Gasteiger partial charge in [-0.2, -0.15) is 0 Å². The zero-order valence-electron chi connectivity index (χ0n) is 25.2. The van der Waals surface area contributed by atoms with Crippen molar-refractivity contribution in [2.75, 3.05) is 42.9 Å². The number of nitrogens with two attached hydrogens (primary N) is 1. The number of nitrogens with zero attached hydrogens (tertiary/aromatic N) is 3. The number of Topliss-reactive ketones (excluding diaryl/α,β-unsaturated/α-hetero) is 1. The maximum Gasteiger partial charge on any atom is 0.242 e. The number of hydrogen-bond donors (Lipinski definition) is 2. The molecule has 4 aliphatic rings. The van der Waals surface area contributed by atoms with Crippen LogP contribution in [-0.2, 0) is 14.4 Å². The smallest absolute Gasteiger partial charge is 0.242 e. The van der Waals surface area contributed by atoms with Crippen LogP contribution in [0.15, 0.2) is 59.8 Å². The molecule has 1 atom stereocenters. The number of halogens is 1. The summed E-state index contributed by atoms with van der Waals surface area (Å²) in [5.74, 6) is -0.894. The molecule has 2 aromatic rings. The highest BCUT2D eigenvalue weighted by Gasteiger charge is 2.47. The van der Waals surface area contributed by atoms with Crippen molar-refractivity contribution in [3.05, 3.63) is 71.2 Å². The summed E-state index contributed by atoms with van der Waals surface area (Å²) < 4.78 is 15.6. The number of rotatable bonds is 5. The summed E-state index contributed by atoms with van der Waals surface area (Å²) in [4.78, 5) is 46.7. The minimum absolute atomic E-state index is 0.0389. The fourth-order valence-electron chi connectivity index (χ4n) is 7.66. The van der Waals surface area contributed by atoms with Crippen molar-refractivity contribution < 1.29 is 18.8 Å². The van der Waals surface area contributed by atoms with Crippen LogP contribution in [0.3, 0.4) is 0 Å². The highest BCUT2D eigenvalue weighted by molar-refractivity contribution is 6.02. The van der Waals surface area contributed by atoms with Crippen LogP contribution in [0.4, 0.5) is 15.8 Å². The molecule has 228 valence electrons. The molecule has 2 aromatic carbocycles. The van der Waals surface area contributed by atoms with Gasteiger partial charge in [-0.3, -0.25) is 19.3 Å². The second kappa shape index (κ2) is 11.4. The first kappa shape index (κ1) is 29.4. The number of primary amides is 1. The fourth-order valence-corrected chi connectivity index (χ4v) is 7.66. The number of fused-ring (bicyclic) bond motifs is 1. The molecule has 3 heterocycles. The molecule has 0 bridgehead atoms. The number of hydrogen-bond acceptors (Lipinski definition) is 6. The summed E-state index contributed by atoms with van der Waals surface area (Å²) in [7, 11) is 0. The van der Waals surface area contributed by atoms with Gasteiger partial charge < -0.3 is 20.9 Å². The Morgan fingerprint density at radius 1 is 0.953 bits per heavy atom. The van der Waals surface area contributed by atoms with Crippen molar-refractivity contribution in [2.24, 2.45) is 11.1 Å². The summed E-state index contributed by atoms with van der Waals surface area (Å²) in [6, 6.07) is 13.4.